The van der Waals surface area contributed by atoms with E-state index < -0.39 is 0 Å². The molecule has 0 heterocycles. The molecule has 0 saturated heterocycles. The van der Waals surface area contributed by atoms with E-state index in [4.69, 9.17) is 0 Å². The first-order valence-corrected chi connectivity index (χ1v) is 1.25. The molecule has 0 aliphatic carbocycles. The number of hydrogen-bond donors (Lipinski definition) is 2. The van der Waals surface area contributed by atoms with E-state index in [1.165, 1.54) is 0 Å². The predicted molar refractivity (Wildman–Crippen MR) is 18.1 cm³/mol. The van der Waals surface area contributed by atoms with Crippen LogP contribution in [0.25, 0.3) is 0 Å². The van der Waals surface area contributed by atoms with Crippen molar-refractivity contribution in [3.8, 4) is 0 Å². The van der Waals surface area contributed by atoms with Gasteiger partial charge in [0.25, 0.3) is 0 Å². The molecule has 0 fully saturated rings. The van der Waals surface area contributed by atoms with Crippen LogP contribution in [-0.2, 0) is 0 Å². The standard InChI is InChI=1S/C2H8N2.ClH/c1-3-4-2;/h3-4H,1-2H3;1H/p-1. The molecule has 0 aliphatic heterocycles. The molecule has 0 rings (SSSR count). The summed E-state index contributed by atoms with van der Waals surface area (Å²) < 4.78 is 0. The maximum Gasteiger partial charge on any atom is -0.00150 e. The van der Waals surface area contributed by atoms with Crippen molar-refractivity contribution in [1.29, 1.82) is 0 Å². The molecule has 34 valence electrons. The lowest BCUT2D eigenvalue weighted by atomic mass is 11.4. The Morgan fingerprint density at radius 3 is 1.20 bits per heavy atom. The van der Waals surface area contributed by atoms with E-state index in [9.17, 15) is 0 Å². The number of hydrogen-bond acceptors (Lipinski definition) is 2. The lowest BCUT2D eigenvalue weighted by Gasteiger charge is -1.81. The maximum absolute atomic E-state index is 2.68. The zero-order chi connectivity index (χ0) is 3.41. The minimum atomic E-state index is 0. The zero-order valence-corrected chi connectivity index (χ0v) is 4.13. The van der Waals surface area contributed by atoms with Crippen molar-refractivity contribution >= 4 is 0 Å². The summed E-state index contributed by atoms with van der Waals surface area (Å²) in [6.07, 6.45) is 0. The Labute approximate surface area is 38.3 Å². The Hall–Kier alpha value is 0.210. The van der Waals surface area contributed by atoms with Crippen LogP contribution in [0.3, 0.4) is 0 Å². The minimum Gasteiger partial charge on any atom is -1.00 e. The van der Waals surface area contributed by atoms with Crippen molar-refractivity contribution in [1.82, 2.24) is 10.9 Å². The third-order valence-corrected chi connectivity index (χ3v) is 0.250. The first kappa shape index (κ1) is 8.96. The number of rotatable bonds is 1. The largest absolute Gasteiger partial charge is 1.00 e. The molecule has 0 aromatic heterocycles. The van der Waals surface area contributed by atoms with Gasteiger partial charge in [-0.2, -0.15) is 0 Å². The van der Waals surface area contributed by atoms with Gasteiger partial charge in [-0.05, 0) is 14.1 Å². The Bertz CT molecular complexity index is 9.61. The van der Waals surface area contributed by atoms with Crippen LogP contribution in [0.5, 0.6) is 0 Å². The number of halogens is 1. The highest BCUT2D eigenvalue weighted by atomic mass is 35.5. The van der Waals surface area contributed by atoms with E-state index in [1.807, 2.05) is 14.1 Å². The smallest absolute Gasteiger partial charge is 0.00150 e. The molecule has 2 N–H and O–H groups in total. The first-order chi connectivity index (χ1) is 1.91. The summed E-state index contributed by atoms with van der Waals surface area (Å²) >= 11 is 0. The second-order valence-corrected chi connectivity index (χ2v) is 0.500. The van der Waals surface area contributed by atoms with Crippen LogP contribution in [0.1, 0.15) is 0 Å². The molecule has 0 bridgehead atoms. The molecule has 0 amide bonds. The lowest BCUT2D eigenvalue weighted by Crippen LogP contribution is -3.00. The van der Waals surface area contributed by atoms with Crippen LogP contribution in [-0.4, -0.2) is 14.1 Å². The second-order valence-electron chi connectivity index (χ2n) is 0.500. The zero-order valence-electron chi connectivity index (χ0n) is 3.38. The number of hydrazine groups is 1. The van der Waals surface area contributed by atoms with Gasteiger partial charge in [0.1, 0.15) is 0 Å². The van der Waals surface area contributed by atoms with Crippen molar-refractivity contribution in [3.63, 3.8) is 0 Å². The van der Waals surface area contributed by atoms with E-state index in [1.54, 1.807) is 0 Å². The van der Waals surface area contributed by atoms with Gasteiger partial charge >= 0.3 is 0 Å². The summed E-state index contributed by atoms with van der Waals surface area (Å²) in [6, 6.07) is 0. The number of nitrogens with one attached hydrogen (secondary N) is 2. The van der Waals surface area contributed by atoms with E-state index in [2.05, 4.69) is 10.9 Å². The van der Waals surface area contributed by atoms with E-state index in [-0.39, 0.29) is 12.4 Å². The Morgan fingerprint density at radius 2 is 1.20 bits per heavy atom. The van der Waals surface area contributed by atoms with E-state index >= 15 is 0 Å². The van der Waals surface area contributed by atoms with Gasteiger partial charge < -0.3 is 12.4 Å². The van der Waals surface area contributed by atoms with Gasteiger partial charge in [0, 0.05) is 0 Å². The van der Waals surface area contributed by atoms with Gasteiger partial charge in [0.05, 0.1) is 0 Å². The molecule has 0 aromatic carbocycles. The second kappa shape index (κ2) is 8.88. The van der Waals surface area contributed by atoms with E-state index in [0.29, 0.717) is 0 Å². The summed E-state index contributed by atoms with van der Waals surface area (Å²) in [6.45, 7) is 0. The Kier molecular flexibility index (Phi) is 15.9. The van der Waals surface area contributed by atoms with Crippen molar-refractivity contribution < 1.29 is 12.4 Å². The van der Waals surface area contributed by atoms with Crippen LogP contribution >= 0.6 is 0 Å². The summed E-state index contributed by atoms with van der Waals surface area (Å²) in [7, 11) is 3.64. The van der Waals surface area contributed by atoms with Crippen LogP contribution in [0.2, 0.25) is 0 Å². The van der Waals surface area contributed by atoms with Crippen LogP contribution in [0, 0.1) is 0 Å². The average Bonchev–Trinajstić information content (AvgIpc) is 1.37. The first-order valence-electron chi connectivity index (χ1n) is 1.25. The summed E-state index contributed by atoms with van der Waals surface area (Å²) in [5.74, 6) is 0. The minimum absolute atomic E-state index is 0. The monoisotopic (exact) mass is 95.0 g/mol. The highest BCUT2D eigenvalue weighted by Crippen LogP contribution is 1.07. The summed E-state index contributed by atoms with van der Waals surface area (Å²) in [4.78, 5) is 0. The van der Waals surface area contributed by atoms with Gasteiger partial charge in [0.2, 0.25) is 0 Å². The third kappa shape index (κ3) is 14.0. The molecule has 5 heavy (non-hydrogen) atoms. The molecule has 0 radical (unpaired) electrons. The molecule has 0 atom stereocenters. The van der Waals surface area contributed by atoms with Crippen molar-refractivity contribution in [3.05, 3.63) is 0 Å². The molecular weight excluding hydrogens is 87.5 g/mol. The third-order valence-electron chi connectivity index (χ3n) is 0.250. The van der Waals surface area contributed by atoms with Crippen LogP contribution in [0.4, 0.5) is 0 Å². The van der Waals surface area contributed by atoms with Gasteiger partial charge in [-0.1, -0.05) is 0 Å². The van der Waals surface area contributed by atoms with Crippen LogP contribution < -0.4 is 23.3 Å². The summed E-state index contributed by atoms with van der Waals surface area (Å²) in [5, 5.41) is 0. The lowest BCUT2D eigenvalue weighted by molar-refractivity contribution is -0.00000101. The molecule has 0 saturated carbocycles. The highest BCUT2D eigenvalue weighted by Gasteiger charge is 1.44. The normalized spacial score (nSPS) is 6.00. The molecular formula is C2H8ClN2-. The van der Waals surface area contributed by atoms with Gasteiger partial charge in [-0.25, -0.2) is 0 Å². The van der Waals surface area contributed by atoms with Crippen molar-refractivity contribution in [2.45, 2.75) is 0 Å². The fourth-order valence-electron chi connectivity index (χ4n) is 0. The topological polar surface area (TPSA) is 24.1 Å². The predicted octanol–water partition coefficient (Wildman–Crippen LogP) is -3.66. The fourth-order valence-corrected chi connectivity index (χ4v) is 0. The van der Waals surface area contributed by atoms with Crippen molar-refractivity contribution in [2.24, 2.45) is 0 Å². The maximum atomic E-state index is 2.68. The molecule has 0 aliphatic rings. The van der Waals surface area contributed by atoms with E-state index in [0.717, 1.165) is 0 Å². The quantitative estimate of drug-likeness (QED) is 0.328. The van der Waals surface area contributed by atoms with Gasteiger partial charge in [-0.15, -0.1) is 0 Å². The SMILES string of the molecule is CNNC.[Cl-]. The van der Waals surface area contributed by atoms with Crippen molar-refractivity contribution in [2.75, 3.05) is 14.1 Å². The highest BCUT2D eigenvalue weighted by molar-refractivity contribution is 3.99. The molecule has 0 aromatic rings. The molecule has 3 heteroatoms. The fraction of sp³-hybridized carbons (Fsp3) is 1.00. The van der Waals surface area contributed by atoms with Gasteiger partial charge in [0.15, 0.2) is 0 Å². The Morgan fingerprint density at radius 1 is 1.00 bits per heavy atom. The van der Waals surface area contributed by atoms with Crippen LogP contribution in [0.15, 0.2) is 0 Å². The Balaban J connectivity index is 0. The summed E-state index contributed by atoms with van der Waals surface area (Å²) in [5.41, 5.74) is 5.36. The average molecular weight is 95.6 g/mol. The molecule has 0 unspecified atom stereocenters. The molecule has 0 spiro atoms. The van der Waals surface area contributed by atoms with Gasteiger partial charge in [-0.3, -0.25) is 10.9 Å². The molecule has 2 nitrogen and oxygen atoms in total.